The number of hydrogen-bond donors (Lipinski definition) is 1. The summed E-state index contributed by atoms with van der Waals surface area (Å²) >= 11 is 0. The molecule has 140 valence electrons. The van der Waals surface area contributed by atoms with Crippen LogP contribution in [-0.4, -0.2) is 38.6 Å². The number of nitrogens with zero attached hydrogens (tertiary/aromatic N) is 4. The van der Waals surface area contributed by atoms with Crippen LogP contribution in [0.4, 0.5) is 5.69 Å². The first kappa shape index (κ1) is 16.5. The second-order valence-corrected chi connectivity index (χ2v) is 9.89. The zero-order chi connectivity index (χ0) is 18.0. The quantitative estimate of drug-likeness (QED) is 0.830. The van der Waals surface area contributed by atoms with Crippen LogP contribution in [0.2, 0.25) is 0 Å². The lowest BCUT2D eigenvalue weighted by molar-refractivity contribution is -0.212. The van der Waals surface area contributed by atoms with Crippen molar-refractivity contribution in [3.05, 3.63) is 18.1 Å². The maximum Gasteiger partial charge on any atom is 0.200 e. The van der Waals surface area contributed by atoms with Gasteiger partial charge in [0.25, 0.3) is 0 Å². The molecule has 0 radical (unpaired) electrons. The SMILES string of the molecule is Cc1cc(NCCOC23CC4CC(C)(CC(C)(C4)C2)C3)c2nncn2n1. The summed E-state index contributed by atoms with van der Waals surface area (Å²) < 4.78 is 8.32. The minimum Gasteiger partial charge on any atom is -0.380 e. The molecule has 4 saturated carbocycles. The van der Waals surface area contributed by atoms with Gasteiger partial charge >= 0.3 is 0 Å². The smallest absolute Gasteiger partial charge is 0.200 e. The second kappa shape index (κ2) is 5.41. The van der Waals surface area contributed by atoms with Crippen LogP contribution in [0, 0.1) is 23.7 Å². The Kier molecular flexibility index (Phi) is 3.43. The molecule has 2 heterocycles. The molecule has 0 aromatic carbocycles. The van der Waals surface area contributed by atoms with Gasteiger partial charge in [-0.3, -0.25) is 0 Å². The fourth-order valence-electron chi connectivity index (χ4n) is 7.04. The van der Waals surface area contributed by atoms with Crippen LogP contribution in [0.1, 0.15) is 58.1 Å². The number of rotatable bonds is 5. The lowest BCUT2D eigenvalue weighted by Gasteiger charge is -2.65. The Hall–Kier alpha value is -1.69. The molecule has 6 heteroatoms. The molecule has 4 fully saturated rings. The molecule has 4 aliphatic rings. The van der Waals surface area contributed by atoms with Crippen molar-refractivity contribution in [1.82, 2.24) is 19.8 Å². The van der Waals surface area contributed by atoms with E-state index in [1.165, 1.54) is 38.5 Å². The van der Waals surface area contributed by atoms with Gasteiger partial charge in [0.15, 0.2) is 0 Å². The van der Waals surface area contributed by atoms with E-state index in [0.717, 1.165) is 36.1 Å². The molecule has 2 aromatic heterocycles. The molecule has 6 rings (SSSR count). The first-order valence-corrected chi connectivity index (χ1v) is 9.92. The van der Waals surface area contributed by atoms with Gasteiger partial charge in [-0.15, -0.1) is 10.2 Å². The van der Waals surface area contributed by atoms with Gasteiger partial charge in [-0.05, 0) is 68.3 Å². The Balaban J connectivity index is 1.25. The maximum absolute atomic E-state index is 6.60. The molecule has 1 N–H and O–H groups in total. The number of aromatic nitrogens is 4. The van der Waals surface area contributed by atoms with Crippen molar-refractivity contribution in [3.63, 3.8) is 0 Å². The molecular weight excluding hydrogens is 326 g/mol. The van der Waals surface area contributed by atoms with Crippen molar-refractivity contribution in [2.75, 3.05) is 18.5 Å². The molecule has 6 nitrogen and oxygen atoms in total. The maximum atomic E-state index is 6.60. The normalized spacial score (nSPS) is 38.2. The Bertz CT molecular complexity index is 828. The molecule has 4 aliphatic carbocycles. The zero-order valence-electron chi connectivity index (χ0n) is 16.1. The lowest BCUT2D eigenvalue weighted by Crippen LogP contribution is -2.59. The van der Waals surface area contributed by atoms with Crippen molar-refractivity contribution in [3.8, 4) is 0 Å². The average Bonchev–Trinajstić information content (AvgIpc) is 2.96. The lowest BCUT2D eigenvalue weighted by atomic mass is 9.43. The average molecular weight is 355 g/mol. The van der Waals surface area contributed by atoms with E-state index in [2.05, 4.69) is 34.5 Å². The van der Waals surface area contributed by atoms with E-state index in [9.17, 15) is 0 Å². The van der Waals surface area contributed by atoms with Crippen molar-refractivity contribution in [1.29, 1.82) is 0 Å². The van der Waals surface area contributed by atoms with Crippen LogP contribution >= 0.6 is 0 Å². The molecule has 0 aliphatic heterocycles. The van der Waals surface area contributed by atoms with Crippen LogP contribution in [0.3, 0.4) is 0 Å². The monoisotopic (exact) mass is 355 g/mol. The molecule has 2 atom stereocenters. The Morgan fingerprint density at radius 1 is 1.19 bits per heavy atom. The van der Waals surface area contributed by atoms with Crippen molar-refractivity contribution in [2.45, 2.75) is 64.9 Å². The Morgan fingerprint density at radius 2 is 1.96 bits per heavy atom. The number of ether oxygens (including phenoxy) is 1. The van der Waals surface area contributed by atoms with Gasteiger partial charge in [0.2, 0.25) is 5.65 Å². The summed E-state index contributed by atoms with van der Waals surface area (Å²) in [4.78, 5) is 0. The highest BCUT2D eigenvalue weighted by atomic mass is 16.5. The molecule has 0 amide bonds. The summed E-state index contributed by atoms with van der Waals surface area (Å²) in [6.45, 7) is 8.49. The van der Waals surface area contributed by atoms with Crippen LogP contribution in [0.25, 0.3) is 5.65 Å². The standard InChI is InChI=1S/C20H29N5O/c1-14-6-16(17-23-22-13-25(17)24-14)21-4-5-26-20-9-15-7-18(2,11-20)10-19(3,8-15)12-20/h6,13,15,21H,4-5,7-12H2,1-3H3. The van der Waals surface area contributed by atoms with Crippen molar-refractivity contribution in [2.24, 2.45) is 16.7 Å². The van der Waals surface area contributed by atoms with E-state index in [-0.39, 0.29) is 5.60 Å². The first-order valence-electron chi connectivity index (χ1n) is 9.92. The highest BCUT2D eigenvalue weighted by molar-refractivity contribution is 5.66. The summed E-state index contributed by atoms with van der Waals surface area (Å²) in [6.07, 6.45) is 9.60. The Morgan fingerprint density at radius 3 is 2.69 bits per heavy atom. The summed E-state index contributed by atoms with van der Waals surface area (Å²) in [5.74, 6) is 0.868. The van der Waals surface area contributed by atoms with Gasteiger partial charge < -0.3 is 10.1 Å². The van der Waals surface area contributed by atoms with Gasteiger partial charge in [-0.1, -0.05) is 13.8 Å². The zero-order valence-corrected chi connectivity index (χ0v) is 16.1. The first-order chi connectivity index (χ1) is 12.4. The summed E-state index contributed by atoms with van der Waals surface area (Å²) in [5, 5.41) is 16.0. The summed E-state index contributed by atoms with van der Waals surface area (Å²) in [7, 11) is 0. The predicted octanol–water partition coefficient (Wildman–Crippen LogP) is 3.61. The van der Waals surface area contributed by atoms with E-state index in [0.29, 0.717) is 10.8 Å². The van der Waals surface area contributed by atoms with Gasteiger partial charge in [0.1, 0.15) is 6.33 Å². The van der Waals surface area contributed by atoms with Crippen molar-refractivity contribution < 1.29 is 4.74 Å². The molecule has 4 bridgehead atoms. The molecule has 0 saturated heterocycles. The second-order valence-electron chi connectivity index (χ2n) is 9.89. The highest BCUT2D eigenvalue weighted by Gasteiger charge is 2.60. The van der Waals surface area contributed by atoms with E-state index < -0.39 is 0 Å². The number of nitrogens with one attached hydrogen (secondary N) is 1. The van der Waals surface area contributed by atoms with Gasteiger partial charge in [-0.2, -0.15) is 9.61 Å². The highest BCUT2D eigenvalue weighted by Crippen LogP contribution is 2.67. The third-order valence-electron chi connectivity index (χ3n) is 6.79. The summed E-state index contributed by atoms with van der Waals surface area (Å²) in [5.41, 5.74) is 3.80. The molecular formula is C20H29N5O. The van der Waals surface area contributed by atoms with E-state index in [1.807, 2.05) is 13.0 Å². The summed E-state index contributed by atoms with van der Waals surface area (Å²) in [6, 6.07) is 2.02. The van der Waals surface area contributed by atoms with Crippen LogP contribution in [-0.2, 0) is 4.74 Å². The van der Waals surface area contributed by atoms with E-state index in [4.69, 9.17) is 4.74 Å². The number of fused-ring (bicyclic) bond motifs is 1. The molecule has 26 heavy (non-hydrogen) atoms. The number of hydrogen-bond acceptors (Lipinski definition) is 5. The van der Waals surface area contributed by atoms with Crippen molar-refractivity contribution >= 4 is 11.3 Å². The van der Waals surface area contributed by atoms with E-state index in [1.54, 1.807) is 10.8 Å². The minimum absolute atomic E-state index is 0.114. The minimum atomic E-state index is 0.114. The van der Waals surface area contributed by atoms with E-state index >= 15 is 0 Å². The van der Waals surface area contributed by atoms with Crippen LogP contribution < -0.4 is 5.32 Å². The Labute approximate surface area is 154 Å². The molecule has 0 spiro atoms. The van der Waals surface area contributed by atoms with Gasteiger partial charge in [0, 0.05) is 6.54 Å². The van der Waals surface area contributed by atoms with Gasteiger partial charge in [0.05, 0.1) is 23.6 Å². The number of anilines is 1. The van der Waals surface area contributed by atoms with Crippen LogP contribution in [0.5, 0.6) is 0 Å². The largest absolute Gasteiger partial charge is 0.380 e. The molecule has 2 unspecified atom stereocenters. The third kappa shape index (κ3) is 2.70. The number of aryl methyl sites for hydroxylation is 1. The third-order valence-corrected chi connectivity index (χ3v) is 6.79. The fraction of sp³-hybridized carbons (Fsp3) is 0.750. The van der Waals surface area contributed by atoms with Gasteiger partial charge in [-0.25, -0.2) is 0 Å². The van der Waals surface area contributed by atoms with Crippen LogP contribution in [0.15, 0.2) is 12.4 Å². The predicted molar refractivity (Wildman–Crippen MR) is 100 cm³/mol. The fourth-order valence-corrected chi connectivity index (χ4v) is 7.04. The topological polar surface area (TPSA) is 64.3 Å². The molecule has 2 aromatic rings.